The van der Waals surface area contributed by atoms with Gasteiger partial charge >= 0.3 is 6.09 Å². The van der Waals surface area contributed by atoms with Crippen molar-refractivity contribution in [3.05, 3.63) is 48.4 Å². The normalized spacial score (nSPS) is 25.4. The number of hydrogen-bond acceptors (Lipinski definition) is 4. The maximum atomic E-state index is 13.8. The van der Waals surface area contributed by atoms with Crippen LogP contribution in [0.3, 0.4) is 0 Å². The van der Waals surface area contributed by atoms with Gasteiger partial charge in [0.2, 0.25) is 0 Å². The number of halogens is 1. The fourth-order valence-electron chi connectivity index (χ4n) is 4.36. The molecule has 2 saturated heterocycles. The van der Waals surface area contributed by atoms with Gasteiger partial charge in [-0.3, -0.25) is 4.90 Å². The van der Waals surface area contributed by atoms with Crippen molar-refractivity contribution >= 4 is 6.09 Å². The Morgan fingerprint density at radius 1 is 1.37 bits per heavy atom. The molecule has 2 aliphatic heterocycles. The number of carbonyl (C=O) groups is 1. The van der Waals surface area contributed by atoms with Crippen LogP contribution in [0.5, 0.6) is 0 Å². The number of nitrogens with zero attached hydrogens (tertiary/aromatic N) is 2. The standard InChI is InChI=1S/C20H33FN2O3.C7H10.C2H6/c1-6-23(12-9-16-14-22(5)19(24)26-16)11-7-8-17-18(15(2)21)25-13-10-20(17,3)4;1-7-5-3-2-4-6-7;1-2/h7-8,16-18H,2,6,9-14H2,1,3-5H3;2-3,5H,4,6H2,1H3;1-2H3/b8-7+;;. The number of cyclic esters (lactones) is 1. The summed E-state index contributed by atoms with van der Waals surface area (Å²) in [6.07, 6.45) is 14.1. The van der Waals surface area contributed by atoms with E-state index in [1.54, 1.807) is 11.9 Å². The average Bonchev–Trinajstić information content (AvgIpc) is 3.15. The van der Waals surface area contributed by atoms with Crippen LogP contribution >= 0.6 is 0 Å². The topological polar surface area (TPSA) is 42.0 Å². The lowest BCUT2D eigenvalue weighted by molar-refractivity contribution is -0.0601. The minimum atomic E-state index is -0.557. The van der Waals surface area contributed by atoms with E-state index >= 15 is 0 Å². The van der Waals surface area contributed by atoms with Crippen LogP contribution < -0.4 is 0 Å². The van der Waals surface area contributed by atoms with E-state index in [0.717, 1.165) is 32.5 Å². The summed E-state index contributed by atoms with van der Waals surface area (Å²) in [5.41, 5.74) is 1.48. The Balaban J connectivity index is 0.000000574. The summed E-state index contributed by atoms with van der Waals surface area (Å²) in [6.45, 7) is 19.8. The molecule has 3 aliphatic rings. The molecule has 1 aliphatic carbocycles. The fourth-order valence-corrected chi connectivity index (χ4v) is 4.36. The van der Waals surface area contributed by atoms with E-state index in [1.807, 2.05) is 13.8 Å². The summed E-state index contributed by atoms with van der Waals surface area (Å²) >= 11 is 0. The van der Waals surface area contributed by atoms with Crippen LogP contribution in [-0.4, -0.2) is 67.9 Å². The molecule has 0 spiro atoms. The number of likely N-dealkylation sites (N-methyl/N-ethyl adjacent to an activating group) is 2. The van der Waals surface area contributed by atoms with Gasteiger partial charge in [-0.15, -0.1) is 0 Å². The highest BCUT2D eigenvalue weighted by Crippen LogP contribution is 2.41. The Bertz CT molecular complexity index is 744. The second-order valence-electron chi connectivity index (χ2n) is 9.98. The van der Waals surface area contributed by atoms with Gasteiger partial charge in [-0.05, 0) is 44.6 Å². The molecule has 3 atom stereocenters. The third-order valence-electron chi connectivity index (χ3n) is 6.78. The Morgan fingerprint density at radius 3 is 2.57 bits per heavy atom. The molecular formula is C29H49FN2O3. The minimum Gasteiger partial charge on any atom is -0.444 e. The summed E-state index contributed by atoms with van der Waals surface area (Å²) in [4.78, 5) is 15.3. The molecule has 0 aromatic carbocycles. The van der Waals surface area contributed by atoms with E-state index in [-0.39, 0.29) is 23.5 Å². The van der Waals surface area contributed by atoms with Crippen LogP contribution in [-0.2, 0) is 9.47 Å². The van der Waals surface area contributed by atoms with E-state index in [0.29, 0.717) is 13.2 Å². The van der Waals surface area contributed by atoms with Crippen molar-refractivity contribution in [1.29, 1.82) is 0 Å². The van der Waals surface area contributed by atoms with Gasteiger partial charge in [0.15, 0.2) is 0 Å². The highest BCUT2D eigenvalue weighted by molar-refractivity contribution is 5.69. The predicted molar refractivity (Wildman–Crippen MR) is 144 cm³/mol. The highest BCUT2D eigenvalue weighted by atomic mass is 19.1. The van der Waals surface area contributed by atoms with E-state index < -0.39 is 11.9 Å². The molecule has 0 aromatic rings. The zero-order valence-electron chi connectivity index (χ0n) is 23.2. The van der Waals surface area contributed by atoms with Crippen LogP contribution in [0, 0.1) is 11.3 Å². The second-order valence-corrected chi connectivity index (χ2v) is 9.98. The summed E-state index contributed by atoms with van der Waals surface area (Å²) in [5.74, 6) is -0.413. The molecule has 3 unspecified atom stereocenters. The Morgan fingerprint density at radius 2 is 2.09 bits per heavy atom. The number of rotatable bonds is 8. The lowest BCUT2D eigenvalue weighted by Gasteiger charge is -2.41. The Kier molecular flexibility index (Phi) is 14.2. The lowest BCUT2D eigenvalue weighted by Crippen LogP contribution is -2.41. The average molecular weight is 493 g/mol. The molecule has 2 fully saturated rings. The zero-order chi connectivity index (χ0) is 26.4. The first-order chi connectivity index (χ1) is 16.6. The van der Waals surface area contributed by atoms with Gasteiger partial charge in [0.25, 0.3) is 0 Å². The number of ether oxygens (including phenoxy) is 2. The number of allylic oxidation sites excluding steroid dienone is 4. The van der Waals surface area contributed by atoms with Gasteiger partial charge < -0.3 is 14.4 Å². The number of carbonyl (C=O) groups excluding carboxylic acids is 1. The van der Waals surface area contributed by atoms with Crippen LogP contribution in [0.4, 0.5) is 9.18 Å². The zero-order valence-corrected chi connectivity index (χ0v) is 23.2. The molecule has 200 valence electrons. The molecule has 0 bridgehead atoms. The third kappa shape index (κ3) is 10.7. The first-order valence-electron chi connectivity index (χ1n) is 13.2. The van der Waals surface area contributed by atoms with Crippen molar-refractivity contribution in [2.75, 3.05) is 39.8 Å². The fraction of sp³-hybridized carbons (Fsp3) is 0.690. The van der Waals surface area contributed by atoms with Crippen LogP contribution in [0.1, 0.15) is 67.2 Å². The Hall–Kier alpha value is -1.92. The molecular weight excluding hydrogens is 443 g/mol. The molecule has 5 nitrogen and oxygen atoms in total. The van der Waals surface area contributed by atoms with Gasteiger partial charge in [-0.2, -0.15) is 0 Å². The lowest BCUT2D eigenvalue weighted by atomic mass is 9.71. The number of hydrogen-bond donors (Lipinski definition) is 0. The smallest absolute Gasteiger partial charge is 0.409 e. The van der Waals surface area contributed by atoms with Crippen LogP contribution in [0.15, 0.2) is 48.4 Å². The molecule has 0 aromatic heterocycles. The van der Waals surface area contributed by atoms with E-state index in [4.69, 9.17) is 9.47 Å². The number of amides is 1. The van der Waals surface area contributed by atoms with Crippen LogP contribution in [0.25, 0.3) is 0 Å². The maximum Gasteiger partial charge on any atom is 0.409 e. The first kappa shape index (κ1) is 31.1. The Labute approximate surface area is 213 Å². The van der Waals surface area contributed by atoms with Gasteiger partial charge in [0.05, 0.1) is 6.54 Å². The third-order valence-corrected chi connectivity index (χ3v) is 6.78. The van der Waals surface area contributed by atoms with Crippen molar-refractivity contribution in [2.45, 2.75) is 79.4 Å². The molecule has 0 N–H and O–H groups in total. The van der Waals surface area contributed by atoms with Gasteiger partial charge in [0, 0.05) is 32.7 Å². The maximum absolute atomic E-state index is 13.8. The van der Waals surface area contributed by atoms with Crippen molar-refractivity contribution in [2.24, 2.45) is 11.3 Å². The molecule has 2 heterocycles. The van der Waals surface area contributed by atoms with Crippen molar-refractivity contribution in [1.82, 2.24) is 9.80 Å². The van der Waals surface area contributed by atoms with Gasteiger partial charge in [-0.1, -0.05) is 77.2 Å². The molecule has 35 heavy (non-hydrogen) atoms. The van der Waals surface area contributed by atoms with Crippen molar-refractivity contribution in [3.63, 3.8) is 0 Å². The quantitative estimate of drug-likeness (QED) is 0.345. The SMILES string of the molecule is C=C(F)C1OCCC(C)(C)C1/C=C/CN(CC)CCC1CN(C)C(=O)O1.CC.CC1=CC=CCC1. The second kappa shape index (κ2) is 15.9. The summed E-state index contributed by atoms with van der Waals surface area (Å²) in [5, 5.41) is 0. The van der Waals surface area contributed by atoms with Crippen molar-refractivity contribution < 1.29 is 18.7 Å². The van der Waals surface area contributed by atoms with Crippen LogP contribution in [0.2, 0.25) is 0 Å². The summed E-state index contributed by atoms with van der Waals surface area (Å²) in [6, 6.07) is 0. The molecule has 0 saturated carbocycles. The largest absolute Gasteiger partial charge is 0.444 e. The minimum absolute atomic E-state index is 0.0168. The van der Waals surface area contributed by atoms with Gasteiger partial charge in [0.1, 0.15) is 18.0 Å². The summed E-state index contributed by atoms with van der Waals surface area (Å²) in [7, 11) is 1.76. The van der Waals surface area contributed by atoms with Gasteiger partial charge in [-0.25, -0.2) is 9.18 Å². The highest BCUT2D eigenvalue weighted by Gasteiger charge is 2.39. The molecule has 1 amide bonds. The molecule has 6 heteroatoms. The van der Waals surface area contributed by atoms with E-state index in [9.17, 15) is 9.18 Å². The molecule has 0 radical (unpaired) electrons. The van der Waals surface area contributed by atoms with E-state index in [1.165, 1.54) is 18.4 Å². The predicted octanol–water partition coefficient (Wildman–Crippen LogP) is 6.93. The monoisotopic (exact) mass is 492 g/mol. The summed E-state index contributed by atoms with van der Waals surface area (Å²) < 4.78 is 24.7. The van der Waals surface area contributed by atoms with E-state index in [2.05, 4.69) is 69.6 Å². The molecule has 3 rings (SSSR count). The first-order valence-corrected chi connectivity index (χ1v) is 13.2. The van der Waals surface area contributed by atoms with Crippen molar-refractivity contribution in [3.8, 4) is 0 Å².